The molecule has 29 heavy (non-hydrogen) atoms. The zero-order chi connectivity index (χ0) is 20.1. The van der Waals surface area contributed by atoms with Gasteiger partial charge >= 0.3 is 5.09 Å². The minimum atomic E-state index is -1.25. The standard InChI is InChI=1S/C20H15NO4.H2NO3/c1-21-8-15-12(4-5-16-20(15)25-10-22-16)13-3-2-11-6-17-18(24-9-23-17)7-14(11)19(13)21;2-1(3)4/h2-8,11H,9-10H2,1H3;(H2,2,3,4)/q;+1. The average Bonchev–Trinajstić information content (AvgIpc) is 3.34. The van der Waals surface area contributed by atoms with Crippen LogP contribution in [0, 0.1) is 10.8 Å². The van der Waals surface area contributed by atoms with Crippen LogP contribution in [0.2, 0.25) is 0 Å². The zero-order valence-electron chi connectivity index (χ0n) is 15.4. The van der Waals surface area contributed by atoms with Gasteiger partial charge in [0.2, 0.25) is 13.6 Å². The van der Waals surface area contributed by atoms with E-state index in [-0.39, 0.29) is 12.7 Å². The molecule has 6 rings (SSSR count). The summed E-state index contributed by atoms with van der Waals surface area (Å²) in [5.41, 5.74) is 3.61. The van der Waals surface area contributed by atoms with Gasteiger partial charge in [0.05, 0.1) is 5.70 Å². The van der Waals surface area contributed by atoms with Crippen molar-refractivity contribution >= 4 is 11.8 Å². The van der Waals surface area contributed by atoms with E-state index >= 15 is 0 Å². The highest BCUT2D eigenvalue weighted by atomic mass is 16.9. The summed E-state index contributed by atoms with van der Waals surface area (Å²) in [4.78, 5) is 10.6. The summed E-state index contributed by atoms with van der Waals surface area (Å²) < 4.78 is 22.3. The molecule has 2 N–H and O–H groups in total. The maximum Gasteiger partial charge on any atom is 0.472 e. The third-order valence-corrected chi connectivity index (χ3v) is 5.19. The number of hydrogen-bond donors (Lipinski definition) is 2. The van der Waals surface area contributed by atoms with Crippen LogP contribution in [0.4, 0.5) is 0 Å². The predicted octanol–water partition coefficient (Wildman–Crippen LogP) is 1.02. The molecule has 1 fully saturated rings. The van der Waals surface area contributed by atoms with Crippen molar-refractivity contribution in [3.8, 4) is 11.5 Å². The van der Waals surface area contributed by atoms with Crippen LogP contribution in [0.5, 0.6) is 11.5 Å². The van der Waals surface area contributed by atoms with Crippen molar-refractivity contribution in [2.24, 2.45) is 5.92 Å². The molecule has 0 aromatic heterocycles. The SMILES string of the molecule is CN1C=c2c3c(ccc2=C2C=CC4C=C5OCOC5=CC4=C21)OCO3.O=[N+](O)O. The fourth-order valence-electron chi connectivity index (χ4n) is 4.08. The Bertz CT molecular complexity index is 1170. The molecule has 5 aliphatic rings. The lowest BCUT2D eigenvalue weighted by atomic mass is 9.83. The topological polar surface area (TPSA) is 101 Å². The van der Waals surface area contributed by atoms with Gasteiger partial charge in [0.15, 0.2) is 23.0 Å². The van der Waals surface area contributed by atoms with Crippen LogP contribution in [0.1, 0.15) is 0 Å². The van der Waals surface area contributed by atoms with Crippen molar-refractivity contribution in [3.63, 3.8) is 0 Å². The molecule has 1 aromatic rings. The van der Waals surface area contributed by atoms with Gasteiger partial charge in [0, 0.05) is 30.0 Å². The highest BCUT2D eigenvalue weighted by Gasteiger charge is 2.32. The molecule has 3 aliphatic heterocycles. The van der Waals surface area contributed by atoms with Crippen molar-refractivity contribution in [1.82, 2.24) is 4.90 Å². The summed E-state index contributed by atoms with van der Waals surface area (Å²) in [7, 11) is 2.07. The van der Waals surface area contributed by atoms with Crippen LogP contribution < -0.4 is 19.9 Å². The van der Waals surface area contributed by atoms with Crippen LogP contribution in [0.15, 0.2) is 59.2 Å². The van der Waals surface area contributed by atoms with E-state index < -0.39 is 5.09 Å². The summed E-state index contributed by atoms with van der Waals surface area (Å²) in [6, 6.07) is 4.10. The predicted molar refractivity (Wildman–Crippen MR) is 97.5 cm³/mol. The lowest BCUT2D eigenvalue weighted by Crippen LogP contribution is -2.38. The van der Waals surface area contributed by atoms with Crippen LogP contribution in [-0.4, -0.2) is 41.0 Å². The zero-order valence-corrected chi connectivity index (χ0v) is 15.4. The van der Waals surface area contributed by atoms with Crippen molar-refractivity contribution < 1.29 is 34.4 Å². The van der Waals surface area contributed by atoms with E-state index in [1.807, 2.05) is 6.07 Å². The Morgan fingerprint density at radius 2 is 1.86 bits per heavy atom. The van der Waals surface area contributed by atoms with Gasteiger partial charge in [0.25, 0.3) is 0 Å². The van der Waals surface area contributed by atoms with Gasteiger partial charge in [-0.3, -0.25) is 0 Å². The minimum absolute atomic E-state index is 0.200. The highest BCUT2D eigenvalue weighted by Crippen LogP contribution is 2.40. The Morgan fingerprint density at radius 1 is 1.10 bits per heavy atom. The van der Waals surface area contributed by atoms with Crippen molar-refractivity contribution in [1.29, 1.82) is 0 Å². The number of nitrogens with zero attached hydrogens (tertiary/aromatic N) is 2. The quantitative estimate of drug-likeness (QED) is 0.626. The van der Waals surface area contributed by atoms with E-state index in [1.54, 1.807) is 0 Å². The molecular formula is C20H17N2O7+. The number of fused-ring (bicyclic) bond motifs is 6. The molecule has 1 saturated heterocycles. The normalized spacial score (nSPS) is 21.8. The van der Waals surface area contributed by atoms with E-state index in [0.29, 0.717) is 6.79 Å². The fourth-order valence-corrected chi connectivity index (χ4v) is 4.08. The summed E-state index contributed by atoms with van der Waals surface area (Å²) in [5, 5.41) is 14.8. The first-order valence-corrected chi connectivity index (χ1v) is 8.88. The molecule has 1 aromatic carbocycles. The van der Waals surface area contributed by atoms with E-state index in [2.05, 4.69) is 48.5 Å². The average molecular weight is 397 g/mol. The number of allylic oxidation sites excluding steroid dienone is 5. The fraction of sp³-hybridized carbons (Fsp3) is 0.200. The molecule has 0 radical (unpaired) electrons. The third kappa shape index (κ3) is 2.70. The van der Waals surface area contributed by atoms with Crippen LogP contribution >= 0.6 is 0 Å². The summed E-state index contributed by atoms with van der Waals surface area (Å²) >= 11 is 0. The lowest BCUT2D eigenvalue weighted by molar-refractivity contribution is -0.969. The molecule has 0 amide bonds. The molecule has 0 saturated carbocycles. The maximum atomic E-state index is 8.47. The van der Waals surface area contributed by atoms with Gasteiger partial charge in [-0.05, 0) is 35.1 Å². The molecule has 9 heteroatoms. The molecule has 2 aliphatic carbocycles. The number of rotatable bonds is 0. The van der Waals surface area contributed by atoms with Crippen molar-refractivity contribution in [2.75, 3.05) is 20.6 Å². The Labute approximate surface area is 164 Å². The molecule has 9 nitrogen and oxygen atoms in total. The van der Waals surface area contributed by atoms with Crippen molar-refractivity contribution in [2.45, 2.75) is 0 Å². The highest BCUT2D eigenvalue weighted by molar-refractivity contribution is 5.81. The summed E-state index contributed by atoms with van der Waals surface area (Å²) in [6.07, 6.45) is 10.8. The van der Waals surface area contributed by atoms with Crippen LogP contribution in [0.3, 0.4) is 0 Å². The Hall–Kier alpha value is -3.88. The molecule has 0 bridgehead atoms. The van der Waals surface area contributed by atoms with Crippen LogP contribution in [-0.2, 0) is 9.47 Å². The third-order valence-electron chi connectivity index (χ3n) is 5.19. The first kappa shape index (κ1) is 17.2. The van der Waals surface area contributed by atoms with Gasteiger partial charge in [-0.15, -0.1) is 0 Å². The van der Waals surface area contributed by atoms with Gasteiger partial charge in [0.1, 0.15) is 4.91 Å². The van der Waals surface area contributed by atoms with E-state index in [0.717, 1.165) is 33.5 Å². The maximum absolute atomic E-state index is 8.47. The molecule has 0 spiro atoms. The second kappa shape index (κ2) is 6.33. The molecule has 1 atom stereocenters. The smallest absolute Gasteiger partial charge is 0.454 e. The minimum Gasteiger partial charge on any atom is -0.454 e. The summed E-state index contributed by atoms with van der Waals surface area (Å²) in [6.45, 7) is 0.573. The van der Waals surface area contributed by atoms with Gasteiger partial charge < -0.3 is 23.8 Å². The molecule has 148 valence electrons. The summed E-state index contributed by atoms with van der Waals surface area (Å²) in [5.74, 6) is 3.49. The van der Waals surface area contributed by atoms with Crippen molar-refractivity contribution in [3.05, 3.63) is 74.6 Å². The second-order valence-corrected chi connectivity index (χ2v) is 6.80. The van der Waals surface area contributed by atoms with E-state index in [1.165, 1.54) is 16.8 Å². The number of hydrogen-bond acceptors (Lipinski definition) is 6. The molecular weight excluding hydrogens is 380 g/mol. The van der Waals surface area contributed by atoms with Gasteiger partial charge in [-0.1, -0.05) is 12.2 Å². The number of ether oxygens (including phenoxy) is 4. The first-order chi connectivity index (χ1) is 14.0. The molecule has 1 unspecified atom stereocenters. The Morgan fingerprint density at radius 3 is 2.69 bits per heavy atom. The molecule has 3 heterocycles. The second-order valence-electron chi connectivity index (χ2n) is 6.80. The Balaban J connectivity index is 0.000000419. The van der Waals surface area contributed by atoms with E-state index in [9.17, 15) is 0 Å². The Kier molecular flexibility index (Phi) is 3.76. The number of benzene rings is 1. The largest absolute Gasteiger partial charge is 0.472 e. The van der Waals surface area contributed by atoms with E-state index in [4.69, 9.17) is 34.3 Å². The lowest BCUT2D eigenvalue weighted by Gasteiger charge is -2.32. The monoisotopic (exact) mass is 397 g/mol. The van der Waals surface area contributed by atoms with Gasteiger partial charge in [-0.25, -0.2) is 10.4 Å². The van der Waals surface area contributed by atoms with Gasteiger partial charge in [-0.2, -0.15) is 0 Å². The first-order valence-electron chi connectivity index (χ1n) is 8.88. The van der Waals surface area contributed by atoms with Crippen LogP contribution in [0.25, 0.3) is 11.8 Å².